The van der Waals surface area contributed by atoms with Gasteiger partial charge in [0.25, 0.3) is 0 Å². The van der Waals surface area contributed by atoms with Crippen LogP contribution in [0.3, 0.4) is 0 Å². The molecule has 0 bridgehead atoms. The van der Waals surface area contributed by atoms with E-state index in [0.29, 0.717) is 6.61 Å². The molecule has 1 aromatic carbocycles. The lowest BCUT2D eigenvalue weighted by Gasteiger charge is -2.28. The van der Waals surface area contributed by atoms with Gasteiger partial charge in [0, 0.05) is 13.6 Å². The minimum absolute atomic E-state index is 0.0515. The highest BCUT2D eigenvalue weighted by molar-refractivity contribution is 5.79. The SMILES string of the molecule is CN(CCCCCN)C(=O)C1COc2ccccc2C1. The maximum Gasteiger partial charge on any atom is 0.229 e. The Morgan fingerprint density at radius 2 is 2.15 bits per heavy atom. The van der Waals surface area contributed by atoms with Gasteiger partial charge in [-0.1, -0.05) is 24.6 Å². The van der Waals surface area contributed by atoms with Crippen LogP contribution in [0.5, 0.6) is 5.75 Å². The zero-order chi connectivity index (χ0) is 14.4. The lowest BCUT2D eigenvalue weighted by atomic mass is 9.95. The van der Waals surface area contributed by atoms with Gasteiger partial charge >= 0.3 is 0 Å². The van der Waals surface area contributed by atoms with E-state index in [0.717, 1.165) is 50.1 Å². The standard InChI is InChI=1S/C16H24N2O2/c1-18(10-6-2-5-9-17)16(19)14-11-13-7-3-4-8-15(13)20-12-14/h3-4,7-8,14H,2,5-6,9-12,17H2,1H3. The highest BCUT2D eigenvalue weighted by Crippen LogP contribution is 2.27. The monoisotopic (exact) mass is 276 g/mol. The van der Waals surface area contributed by atoms with Crippen LogP contribution in [0.15, 0.2) is 24.3 Å². The van der Waals surface area contributed by atoms with E-state index in [1.807, 2.05) is 36.2 Å². The lowest BCUT2D eigenvalue weighted by Crippen LogP contribution is -2.39. The van der Waals surface area contributed by atoms with Crippen LogP contribution in [-0.2, 0) is 11.2 Å². The molecule has 0 saturated heterocycles. The van der Waals surface area contributed by atoms with Gasteiger partial charge in [-0.25, -0.2) is 0 Å². The number of para-hydroxylation sites is 1. The Balaban J connectivity index is 1.84. The van der Waals surface area contributed by atoms with Gasteiger partial charge in [0.05, 0.1) is 5.92 Å². The predicted molar refractivity (Wildman–Crippen MR) is 79.7 cm³/mol. The molecule has 2 N–H and O–H groups in total. The number of carbonyl (C=O) groups excluding carboxylic acids is 1. The first-order valence-corrected chi connectivity index (χ1v) is 7.38. The molecule has 110 valence electrons. The maximum atomic E-state index is 12.4. The van der Waals surface area contributed by atoms with Crippen molar-refractivity contribution >= 4 is 5.91 Å². The molecule has 4 nitrogen and oxygen atoms in total. The molecule has 20 heavy (non-hydrogen) atoms. The number of amides is 1. The van der Waals surface area contributed by atoms with Crippen LogP contribution < -0.4 is 10.5 Å². The molecule has 1 aliphatic rings. The summed E-state index contributed by atoms with van der Waals surface area (Å²) in [5.41, 5.74) is 6.60. The topological polar surface area (TPSA) is 55.6 Å². The van der Waals surface area contributed by atoms with Gasteiger partial charge in [0.1, 0.15) is 12.4 Å². The van der Waals surface area contributed by atoms with Gasteiger partial charge < -0.3 is 15.4 Å². The molecule has 1 amide bonds. The third-order valence-electron chi connectivity index (χ3n) is 3.80. The summed E-state index contributed by atoms with van der Waals surface area (Å²) >= 11 is 0. The molecule has 4 heteroatoms. The van der Waals surface area contributed by atoms with E-state index in [-0.39, 0.29) is 11.8 Å². The highest BCUT2D eigenvalue weighted by atomic mass is 16.5. The zero-order valence-electron chi connectivity index (χ0n) is 12.2. The maximum absolute atomic E-state index is 12.4. The number of benzene rings is 1. The summed E-state index contributed by atoms with van der Waals surface area (Å²) in [4.78, 5) is 14.2. The number of fused-ring (bicyclic) bond motifs is 1. The summed E-state index contributed by atoms with van der Waals surface area (Å²) in [7, 11) is 1.88. The smallest absolute Gasteiger partial charge is 0.229 e. The molecule has 0 fully saturated rings. The second-order valence-electron chi connectivity index (χ2n) is 5.43. The average Bonchev–Trinajstić information content (AvgIpc) is 2.50. The molecule has 2 rings (SSSR count). The molecule has 1 aliphatic heterocycles. The summed E-state index contributed by atoms with van der Waals surface area (Å²) in [6.45, 7) is 2.02. The van der Waals surface area contributed by atoms with Gasteiger partial charge in [0.15, 0.2) is 0 Å². The molecule has 1 aromatic rings. The largest absolute Gasteiger partial charge is 0.492 e. The Labute approximate surface area is 120 Å². The van der Waals surface area contributed by atoms with Crippen LogP contribution >= 0.6 is 0 Å². The Hall–Kier alpha value is -1.55. The van der Waals surface area contributed by atoms with Crippen LogP contribution in [-0.4, -0.2) is 37.6 Å². The third kappa shape index (κ3) is 3.73. The number of unbranched alkanes of at least 4 members (excludes halogenated alkanes) is 2. The predicted octanol–water partition coefficient (Wildman–Crippen LogP) is 1.83. The van der Waals surface area contributed by atoms with Crippen LogP contribution in [0.25, 0.3) is 0 Å². The first kappa shape index (κ1) is 14.9. The van der Waals surface area contributed by atoms with Crippen molar-refractivity contribution in [3.05, 3.63) is 29.8 Å². The van der Waals surface area contributed by atoms with Crippen molar-refractivity contribution < 1.29 is 9.53 Å². The Bertz CT molecular complexity index is 448. The fourth-order valence-electron chi connectivity index (χ4n) is 2.58. The summed E-state index contributed by atoms with van der Waals surface area (Å²) in [6.07, 6.45) is 3.91. The molecule has 1 unspecified atom stereocenters. The number of rotatable bonds is 6. The van der Waals surface area contributed by atoms with Crippen molar-refractivity contribution in [3.8, 4) is 5.75 Å². The normalized spacial score (nSPS) is 17.2. The quantitative estimate of drug-likeness (QED) is 0.806. The molecule has 1 heterocycles. The van der Waals surface area contributed by atoms with E-state index in [4.69, 9.17) is 10.5 Å². The minimum Gasteiger partial charge on any atom is -0.492 e. The number of ether oxygens (including phenoxy) is 1. The van der Waals surface area contributed by atoms with Gasteiger partial charge in [-0.2, -0.15) is 0 Å². The van der Waals surface area contributed by atoms with Crippen molar-refractivity contribution in [3.63, 3.8) is 0 Å². The Kier molecular flexibility index (Phi) is 5.41. The van der Waals surface area contributed by atoms with Crippen LogP contribution in [0.2, 0.25) is 0 Å². The molecular formula is C16H24N2O2. The number of nitrogens with zero attached hydrogens (tertiary/aromatic N) is 1. The zero-order valence-corrected chi connectivity index (χ0v) is 12.2. The van der Waals surface area contributed by atoms with Crippen molar-refractivity contribution in [2.45, 2.75) is 25.7 Å². The third-order valence-corrected chi connectivity index (χ3v) is 3.80. The Morgan fingerprint density at radius 1 is 1.35 bits per heavy atom. The van der Waals surface area contributed by atoms with Crippen LogP contribution in [0.1, 0.15) is 24.8 Å². The highest BCUT2D eigenvalue weighted by Gasteiger charge is 2.27. The summed E-state index contributed by atoms with van der Waals surface area (Å²) < 4.78 is 5.69. The van der Waals surface area contributed by atoms with E-state index in [9.17, 15) is 4.79 Å². The average molecular weight is 276 g/mol. The summed E-state index contributed by atoms with van der Waals surface area (Å²) in [6, 6.07) is 7.96. The van der Waals surface area contributed by atoms with E-state index < -0.39 is 0 Å². The fraction of sp³-hybridized carbons (Fsp3) is 0.562. The van der Waals surface area contributed by atoms with Gasteiger partial charge in [-0.15, -0.1) is 0 Å². The molecule has 0 aromatic heterocycles. The van der Waals surface area contributed by atoms with E-state index >= 15 is 0 Å². The number of hydrogen-bond donors (Lipinski definition) is 1. The van der Waals surface area contributed by atoms with Gasteiger partial charge in [-0.3, -0.25) is 4.79 Å². The summed E-state index contributed by atoms with van der Waals surface area (Å²) in [5.74, 6) is 1.05. The van der Waals surface area contributed by atoms with Crippen molar-refractivity contribution in [1.29, 1.82) is 0 Å². The number of hydrogen-bond acceptors (Lipinski definition) is 3. The van der Waals surface area contributed by atoms with E-state index in [1.54, 1.807) is 0 Å². The van der Waals surface area contributed by atoms with E-state index in [1.165, 1.54) is 0 Å². The van der Waals surface area contributed by atoms with Crippen LogP contribution in [0, 0.1) is 5.92 Å². The molecule has 0 saturated carbocycles. The second kappa shape index (κ2) is 7.29. The molecule has 0 aliphatic carbocycles. The number of nitrogens with two attached hydrogens (primary N) is 1. The molecular weight excluding hydrogens is 252 g/mol. The molecule has 1 atom stereocenters. The van der Waals surface area contributed by atoms with Crippen molar-refractivity contribution in [2.75, 3.05) is 26.7 Å². The van der Waals surface area contributed by atoms with E-state index in [2.05, 4.69) is 0 Å². The fourth-order valence-corrected chi connectivity index (χ4v) is 2.58. The Morgan fingerprint density at radius 3 is 2.95 bits per heavy atom. The first-order valence-electron chi connectivity index (χ1n) is 7.38. The second-order valence-corrected chi connectivity index (χ2v) is 5.43. The lowest BCUT2D eigenvalue weighted by molar-refractivity contribution is -0.135. The van der Waals surface area contributed by atoms with Gasteiger partial charge in [0.2, 0.25) is 5.91 Å². The van der Waals surface area contributed by atoms with Crippen molar-refractivity contribution in [2.24, 2.45) is 11.7 Å². The van der Waals surface area contributed by atoms with Gasteiger partial charge in [-0.05, 0) is 37.4 Å². The summed E-state index contributed by atoms with van der Waals surface area (Å²) in [5, 5.41) is 0. The molecule has 0 radical (unpaired) electrons. The first-order chi connectivity index (χ1) is 9.72. The minimum atomic E-state index is -0.0515. The van der Waals surface area contributed by atoms with Crippen molar-refractivity contribution in [1.82, 2.24) is 4.90 Å². The number of carbonyl (C=O) groups is 1. The molecule has 0 spiro atoms. The van der Waals surface area contributed by atoms with Crippen LogP contribution in [0.4, 0.5) is 0 Å².